The summed E-state index contributed by atoms with van der Waals surface area (Å²) in [6.45, 7) is 0. The largest absolute Gasteiger partial charge is 0.309 e. The van der Waals surface area contributed by atoms with Crippen LogP contribution in [0.3, 0.4) is 0 Å². The molecule has 58 heavy (non-hydrogen) atoms. The molecule has 0 unspecified atom stereocenters. The van der Waals surface area contributed by atoms with Gasteiger partial charge in [-0.1, -0.05) is 188 Å². The smallest absolute Gasteiger partial charge is 0.0640 e. The summed E-state index contributed by atoms with van der Waals surface area (Å²) in [4.78, 5) is 2.46. The first-order valence-electron chi connectivity index (χ1n) is 19.8. The van der Waals surface area contributed by atoms with Gasteiger partial charge in [0.05, 0.1) is 10.4 Å². The molecule has 0 aliphatic rings. The first-order valence-corrected chi connectivity index (χ1v) is 20.7. The van der Waals surface area contributed by atoms with Crippen LogP contribution in [-0.4, -0.2) is 0 Å². The maximum atomic E-state index is 2.46. The molecule has 0 fully saturated rings. The van der Waals surface area contributed by atoms with E-state index in [0.717, 1.165) is 11.4 Å². The summed E-state index contributed by atoms with van der Waals surface area (Å²) in [5.41, 5.74) is 13.1. The highest BCUT2D eigenvalue weighted by atomic mass is 32.1. The standard InChI is InChI=1S/C56H37NS/c1-3-15-38(16-4-1)46-24-9-10-25-47(46)43-22-11-23-45(37-43)57(52-30-14-29-51-55-50-26-8-7-19-40(50)33-36-53(55)58-56(51)52)44-34-31-41(32-35-44)49-28-13-21-42-20-12-27-48(54(42)49)39-17-5-2-6-18-39/h1-37H. The van der Waals surface area contributed by atoms with Crippen LogP contribution < -0.4 is 4.90 Å². The molecule has 0 bridgehead atoms. The van der Waals surface area contributed by atoms with Gasteiger partial charge >= 0.3 is 0 Å². The van der Waals surface area contributed by atoms with Gasteiger partial charge in [-0.05, 0) is 102 Å². The molecule has 0 aliphatic heterocycles. The Labute approximate surface area is 342 Å². The van der Waals surface area contributed by atoms with E-state index in [2.05, 4.69) is 229 Å². The number of fused-ring (bicyclic) bond motifs is 6. The SMILES string of the molecule is c1ccc(-c2ccccc2-c2cccc(N(c3ccc(-c4cccc5cccc(-c6ccccc6)c45)cc3)c3cccc4c3sc3ccc5ccccc5c34)c2)cc1. The molecule has 1 aromatic heterocycles. The molecule has 0 saturated carbocycles. The molecular formula is C56H37NS. The maximum absolute atomic E-state index is 2.46. The van der Waals surface area contributed by atoms with Crippen LogP contribution in [0.1, 0.15) is 0 Å². The van der Waals surface area contributed by atoms with Crippen molar-refractivity contribution >= 4 is 70.1 Å². The fourth-order valence-corrected chi connectivity index (χ4v) is 10.0. The van der Waals surface area contributed by atoms with Gasteiger partial charge in [0, 0.05) is 26.8 Å². The lowest BCUT2D eigenvalue weighted by Gasteiger charge is -2.27. The van der Waals surface area contributed by atoms with Crippen LogP contribution in [0.25, 0.3) is 86.2 Å². The Morgan fingerprint density at radius 3 is 1.59 bits per heavy atom. The normalized spacial score (nSPS) is 11.4. The van der Waals surface area contributed by atoms with Crippen LogP contribution in [0.2, 0.25) is 0 Å². The highest BCUT2D eigenvalue weighted by molar-refractivity contribution is 7.26. The van der Waals surface area contributed by atoms with Crippen molar-refractivity contribution in [1.29, 1.82) is 0 Å². The monoisotopic (exact) mass is 755 g/mol. The van der Waals surface area contributed by atoms with Crippen molar-refractivity contribution in [3.63, 3.8) is 0 Å². The Morgan fingerprint density at radius 1 is 0.310 bits per heavy atom. The predicted molar refractivity (Wildman–Crippen MR) is 251 cm³/mol. The minimum absolute atomic E-state index is 1.11. The van der Waals surface area contributed by atoms with Gasteiger partial charge in [-0.15, -0.1) is 11.3 Å². The molecule has 2 heteroatoms. The molecule has 10 aromatic carbocycles. The average molecular weight is 756 g/mol. The molecule has 0 N–H and O–H groups in total. The second kappa shape index (κ2) is 14.4. The Morgan fingerprint density at radius 2 is 0.845 bits per heavy atom. The maximum Gasteiger partial charge on any atom is 0.0640 e. The number of hydrogen-bond acceptors (Lipinski definition) is 2. The molecule has 11 rings (SSSR count). The fraction of sp³-hybridized carbons (Fsp3) is 0. The number of benzene rings is 10. The van der Waals surface area contributed by atoms with E-state index in [0.29, 0.717) is 0 Å². The van der Waals surface area contributed by atoms with Crippen molar-refractivity contribution in [2.75, 3.05) is 4.90 Å². The molecule has 272 valence electrons. The van der Waals surface area contributed by atoms with Gasteiger partial charge in [0.2, 0.25) is 0 Å². The van der Waals surface area contributed by atoms with Crippen molar-refractivity contribution in [3.8, 4) is 44.5 Å². The molecular weight excluding hydrogens is 719 g/mol. The molecule has 0 spiro atoms. The van der Waals surface area contributed by atoms with E-state index in [9.17, 15) is 0 Å². The van der Waals surface area contributed by atoms with Crippen LogP contribution in [0, 0.1) is 0 Å². The van der Waals surface area contributed by atoms with Gasteiger partial charge in [-0.25, -0.2) is 0 Å². The highest BCUT2D eigenvalue weighted by Gasteiger charge is 2.20. The zero-order chi connectivity index (χ0) is 38.4. The quantitative estimate of drug-likeness (QED) is 0.157. The van der Waals surface area contributed by atoms with Gasteiger partial charge < -0.3 is 4.90 Å². The van der Waals surface area contributed by atoms with Crippen molar-refractivity contribution in [2.24, 2.45) is 0 Å². The van der Waals surface area contributed by atoms with E-state index >= 15 is 0 Å². The zero-order valence-corrected chi connectivity index (χ0v) is 32.5. The Bertz CT molecular complexity index is 3270. The van der Waals surface area contributed by atoms with Crippen molar-refractivity contribution < 1.29 is 0 Å². The Balaban J connectivity index is 1.10. The van der Waals surface area contributed by atoms with E-state index in [1.807, 2.05) is 11.3 Å². The summed E-state index contributed by atoms with van der Waals surface area (Å²) in [7, 11) is 0. The summed E-state index contributed by atoms with van der Waals surface area (Å²) in [5, 5.41) is 7.68. The minimum atomic E-state index is 1.11. The highest BCUT2D eigenvalue weighted by Crippen LogP contribution is 2.48. The van der Waals surface area contributed by atoms with Gasteiger partial charge in [0.15, 0.2) is 0 Å². The van der Waals surface area contributed by atoms with E-state index < -0.39 is 0 Å². The zero-order valence-electron chi connectivity index (χ0n) is 31.7. The third-order valence-corrected chi connectivity index (χ3v) is 12.7. The van der Waals surface area contributed by atoms with Gasteiger partial charge in [0.25, 0.3) is 0 Å². The molecule has 0 amide bonds. The third kappa shape index (κ3) is 5.86. The van der Waals surface area contributed by atoms with Crippen molar-refractivity contribution in [3.05, 3.63) is 224 Å². The topological polar surface area (TPSA) is 3.24 Å². The Kier molecular flexibility index (Phi) is 8.42. The number of nitrogens with zero attached hydrogens (tertiary/aromatic N) is 1. The molecule has 1 nitrogen and oxygen atoms in total. The molecule has 0 aliphatic carbocycles. The lowest BCUT2D eigenvalue weighted by Crippen LogP contribution is -2.10. The van der Waals surface area contributed by atoms with Crippen LogP contribution in [0.5, 0.6) is 0 Å². The molecule has 0 atom stereocenters. The van der Waals surface area contributed by atoms with Gasteiger partial charge in [0.1, 0.15) is 0 Å². The minimum Gasteiger partial charge on any atom is -0.309 e. The number of anilines is 3. The van der Waals surface area contributed by atoms with Gasteiger partial charge in [-0.3, -0.25) is 0 Å². The summed E-state index contributed by atoms with van der Waals surface area (Å²) in [6, 6.07) is 81.8. The molecule has 0 radical (unpaired) electrons. The van der Waals surface area contributed by atoms with Crippen LogP contribution in [0.4, 0.5) is 17.1 Å². The van der Waals surface area contributed by atoms with Crippen LogP contribution >= 0.6 is 11.3 Å². The lowest BCUT2D eigenvalue weighted by atomic mass is 9.91. The predicted octanol–water partition coefficient (Wildman–Crippen LogP) is 16.5. The van der Waals surface area contributed by atoms with Crippen LogP contribution in [0.15, 0.2) is 224 Å². The van der Waals surface area contributed by atoms with Gasteiger partial charge in [-0.2, -0.15) is 0 Å². The average Bonchev–Trinajstić information content (AvgIpc) is 3.70. The lowest BCUT2D eigenvalue weighted by molar-refractivity contribution is 1.30. The second-order valence-electron chi connectivity index (χ2n) is 14.8. The first kappa shape index (κ1) is 34.0. The molecule has 11 aromatic rings. The fourth-order valence-electron chi connectivity index (χ4n) is 8.80. The Hall–Kier alpha value is -7.26. The summed E-state index contributed by atoms with van der Waals surface area (Å²) in [6.07, 6.45) is 0. The summed E-state index contributed by atoms with van der Waals surface area (Å²) < 4.78 is 2.57. The van der Waals surface area contributed by atoms with E-state index in [1.54, 1.807) is 0 Å². The molecule has 1 heterocycles. The van der Waals surface area contributed by atoms with E-state index in [1.165, 1.54) is 91.9 Å². The number of thiophene rings is 1. The number of rotatable bonds is 7. The summed E-state index contributed by atoms with van der Waals surface area (Å²) in [5.74, 6) is 0. The van der Waals surface area contributed by atoms with E-state index in [-0.39, 0.29) is 0 Å². The summed E-state index contributed by atoms with van der Waals surface area (Å²) >= 11 is 1.88. The van der Waals surface area contributed by atoms with Crippen LogP contribution in [-0.2, 0) is 0 Å². The second-order valence-corrected chi connectivity index (χ2v) is 15.9. The molecule has 0 saturated heterocycles. The van der Waals surface area contributed by atoms with Crippen molar-refractivity contribution in [1.82, 2.24) is 0 Å². The number of hydrogen-bond donors (Lipinski definition) is 0. The third-order valence-electron chi connectivity index (χ3n) is 11.5. The van der Waals surface area contributed by atoms with E-state index in [4.69, 9.17) is 0 Å². The first-order chi connectivity index (χ1) is 28.8. The van der Waals surface area contributed by atoms with Crippen molar-refractivity contribution in [2.45, 2.75) is 0 Å².